The summed E-state index contributed by atoms with van der Waals surface area (Å²) in [7, 11) is 3.44. The minimum Gasteiger partial charge on any atom is -0.393 e. The largest absolute Gasteiger partial charge is 0.393 e. The van der Waals surface area contributed by atoms with Crippen molar-refractivity contribution in [2.45, 2.75) is 101 Å². The molecule has 3 aliphatic rings. The number of quaternary nitrogens is 2. The van der Waals surface area contributed by atoms with E-state index in [1.54, 1.807) is 14.2 Å². The molecule has 0 bridgehead atoms. The van der Waals surface area contributed by atoms with Crippen LogP contribution in [0, 0.1) is 35.5 Å². The van der Waals surface area contributed by atoms with Gasteiger partial charge in [-0.1, -0.05) is 18.6 Å². The van der Waals surface area contributed by atoms with E-state index in [2.05, 4.69) is 23.6 Å². The van der Waals surface area contributed by atoms with Gasteiger partial charge in [0, 0.05) is 27.1 Å². The number of aliphatic hydroxyl groups excluding tert-OH is 3. The van der Waals surface area contributed by atoms with Crippen LogP contribution < -0.4 is 11.5 Å². The molecule has 0 aromatic rings. The van der Waals surface area contributed by atoms with Crippen LogP contribution in [0.15, 0.2) is 12.2 Å². The first kappa shape index (κ1) is 29.0. The standard InChI is InChI=1S/C28H52N2O5/c1-34-27-23(11-13-29)20(7-9-25(27)32)5-3-18-15-19(17-22(31)16-18)4-6-21-8-10-26(33)28(35-2)24(21)12-14-30/h3,5,18-28,31-33H,4,6-17,29-30H2,1-2H3/p+2/b5-3+. The Morgan fingerprint density at radius 2 is 1.34 bits per heavy atom. The van der Waals surface area contributed by atoms with Crippen LogP contribution in [-0.4, -0.2) is 73.1 Å². The number of methoxy groups -OCH3 is 2. The second-order valence-electron chi connectivity index (χ2n) is 11.7. The molecule has 0 aromatic heterocycles. The summed E-state index contributed by atoms with van der Waals surface area (Å²) in [5.74, 6) is 2.62. The summed E-state index contributed by atoms with van der Waals surface area (Å²) < 4.78 is 11.4. The lowest BCUT2D eigenvalue weighted by atomic mass is 9.69. The van der Waals surface area contributed by atoms with Crippen LogP contribution in [0.3, 0.4) is 0 Å². The molecular weight excluding hydrogens is 444 g/mol. The summed E-state index contributed by atoms with van der Waals surface area (Å²) >= 11 is 0. The first-order valence-electron chi connectivity index (χ1n) is 14.3. The van der Waals surface area contributed by atoms with Crippen molar-refractivity contribution in [1.29, 1.82) is 0 Å². The molecule has 7 heteroatoms. The van der Waals surface area contributed by atoms with Gasteiger partial charge in [0.1, 0.15) is 0 Å². The van der Waals surface area contributed by atoms with Crippen LogP contribution in [-0.2, 0) is 9.47 Å². The molecule has 9 N–H and O–H groups in total. The van der Waals surface area contributed by atoms with E-state index in [1.807, 2.05) is 0 Å². The fourth-order valence-corrected chi connectivity index (χ4v) is 7.69. The summed E-state index contributed by atoms with van der Waals surface area (Å²) in [4.78, 5) is 0. The minimum atomic E-state index is -0.381. The Balaban J connectivity index is 1.57. The van der Waals surface area contributed by atoms with Gasteiger partial charge in [-0.25, -0.2) is 0 Å². The smallest absolute Gasteiger partial charge is 0.0865 e. The van der Waals surface area contributed by atoms with Crippen molar-refractivity contribution in [3.63, 3.8) is 0 Å². The molecule has 0 aliphatic heterocycles. The molecule has 0 heterocycles. The molecule has 204 valence electrons. The zero-order valence-corrected chi connectivity index (χ0v) is 22.3. The van der Waals surface area contributed by atoms with Gasteiger partial charge < -0.3 is 36.3 Å². The lowest BCUT2D eigenvalue weighted by Crippen LogP contribution is -2.54. The third kappa shape index (κ3) is 7.73. The van der Waals surface area contributed by atoms with E-state index in [1.165, 1.54) is 0 Å². The average molecular weight is 499 g/mol. The maximum atomic E-state index is 10.7. The number of ether oxygens (including phenoxy) is 2. The summed E-state index contributed by atoms with van der Waals surface area (Å²) in [6.07, 6.45) is 14.4. The molecule has 0 amide bonds. The highest BCUT2D eigenvalue weighted by molar-refractivity contribution is 5.02. The second kappa shape index (κ2) is 14.4. The van der Waals surface area contributed by atoms with E-state index in [4.69, 9.17) is 9.47 Å². The number of hydrogen-bond donors (Lipinski definition) is 5. The van der Waals surface area contributed by atoms with Crippen LogP contribution in [0.25, 0.3) is 0 Å². The highest BCUT2D eigenvalue weighted by Gasteiger charge is 2.40. The van der Waals surface area contributed by atoms with Crippen LogP contribution in [0.4, 0.5) is 0 Å². The lowest BCUT2D eigenvalue weighted by molar-refractivity contribution is -0.372. The zero-order chi connectivity index (χ0) is 25.4. The molecule has 0 spiro atoms. The first-order valence-corrected chi connectivity index (χ1v) is 14.3. The Morgan fingerprint density at radius 1 is 0.714 bits per heavy atom. The van der Waals surface area contributed by atoms with E-state index in [9.17, 15) is 15.3 Å². The molecule has 0 aromatic carbocycles. The van der Waals surface area contributed by atoms with Gasteiger partial charge in [-0.15, -0.1) is 0 Å². The number of aliphatic hydroxyl groups is 3. The monoisotopic (exact) mass is 498 g/mol. The van der Waals surface area contributed by atoms with Gasteiger partial charge in [-0.05, 0) is 86.9 Å². The molecule has 11 atom stereocenters. The number of hydrogen-bond acceptors (Lipinski definition) is 5. The van der Waals surface area contributed by atoms with Crippen LogP contribution in [0.2, 0.25) is 0 Å². The molecule has 7 nitrogen and oxygen atoms in total. The molecule has 3 rings (SSSR count). The summed E-state index contributed by atoms with van der Waals surface area (Å²) in [6.45, 7) is 1.73. The van der Waals surface area contributed by atoms with Crippen molar-refractivity contribution in [3.05, 3.63) is 12.2 Å². The van der Waals surface area contributed by atoms with Gasteiger partial charge in [0.25, 0.3) is 0 Å². The Bertz CT molecular complexity index is 634. The predicted octanol–water partition coefficient (Wildman–Crippen LogP) is 1.17. The average Bonchev–Trinajstić information content (AvgIpc) is 2.83. The molecule has 3 saturated carbocycles. The van der Waals surface area contributed by atoms with Gasteiger partial charge in [0.2, 0.25) is 0 Å². The van der Waals surface area contributed by atoms with Gasteiger partial charge >= 0.3 is 0 Å². The number of allylic oxidation sites excluding steroid dienone is 2. The molecular formula is C28H54N2O5+2. The Labute approximate surface area is 212 Å². The quantitative estimate of drug-likeness (QED) is 0.273. The van der Waals surface area contributed by atoms with Crippen molar-refractivity contribution >= 4 is 0 Å². The van der Waals surface area contributed by atoms with E-state index < -0.39 is 0 Å². The third-order valence-electron chi connectivity index (χ3n) is 9.40. The molecule has 3 aliphatic carbocycles. The van der Waals surface area contributed by atoms with Gasteiger partial charge in [0.05, 0.1) is 43.6 Å². The predicted molar refractivity (Wildman–Crippen MR) is 136 cm³/mol. The molecule has 0 radical (unpaired) electrons. The van der Waals surface area contributed by atoms with Crippen LogP contribution in [0.1, 0.15) is 70.6 Å². The summed E-state index contributed by atoms with van der Waals surface area (Å²) in [5.41, 5.74) is 8.11. The number of rotatable bonds is 11. The SMILES string of the molecule is COC1C(O)CCC(/C=C/C2CC(O)CC(CCC3CCC(O)C(OC)C3CC[NH3+])C2)C1CC[NH3+]. The first-order chi connectivity index (χ1) is 16.9. The normalized spacial score (nSPS) is 43.0. The lowest BCUT2D eigenvalue weighted by Gasteiger charge is -2.41. The van der Waals surface area contributed by atoms with Crippen molar-refractivity contribution in [2.24, 2.45) is 35.5 Å². The fraction of sp³-hybridized carbons (Fsp3) is 0.929. The Hall–Kier alpha value is -0.540. The van der Waals surface area contributed by atoms with Gasteiger partial charge in [-0.2, -0.15) is 0 Å². The molecule has 11 unspecified atom stereocenters. The van der Waals surface area contributed by atoms with Crippen molar-refractivity contribution in [3.8, 4) is 0 Å². The Morgan fingerprint density at radius 3 is 2.00 bits per heavy atom. The molecule has 35 heavy (non-hydrogen) atoms. The topological polar surface area (TPSA) is 134 Å². The maximum Gasteiger partial charge on any atom is 0.0865 e. The van der Waals surface area contributed by atoms with Crippen molar-refractivity contribution < 1.29 is 36.3 Å². The maximum absolute atomic E-state index is 10.7. The highest BCUT2D eigenvalue weighted by Crippen LogP contribution is 2.41. The van der Waals surface area contributed by atoms with Crippen molar-refractivity contribution in [2.75, 3.05) is 27.3 Å². The van der Waals surface area contributed by atoms with Crippen molar-refractivity contribution in [1.82, 2.24) is 0 Å². The van der Waals surface area contributed by atoms with E-state index in [-0.39, 0.29) is 30.5 Å². The minimum absolute atomic E-state index is 0.0701. The Kier molecular flexibility index (Phi) is 12.0. The highest BCUT2D eigenvalue weighted by atomic mass is 16.5. The van der Waals surface area contributed by atoms with Crippen LogP contribution >= 0.6 is 0 Å². The molecule has 0 saturated heterocycles. The third-order valence-corrected chi connectivity index (χ3v) is 9.40. The van der Waals surface area contributed by atoms with Gasteiger partial charge in [-0.3, -0.25) is 0 Å². The molecule has 3 fully saturated rings. The van der Waals surface area contributed by atoms with E-state index in [0.717, 1.165) is 83.7 Å². The zero-order valence-electron chi connectivity index (χ0n) is 22.3. The fourth-order valence-electron chi connectivity index (χ4n) is 7.69. The van der Waals surface area contributed by atoms with Crippen LogP contribution in [0.5, 0.6) is 0 Å². The second-order valence-corrected chi connectivity index (χ2v) is 11.7. The van der Waals surface area contributed by atoms with E-state index in [0.29, 0.717) is 35.5 Å². The summed E-state index contributed by atoms with van der Waals surface area (Å²) in [6, 6.07) is 0. The van der Waals surface area contributed by atoms with Gasteiger partial charge in [0.15, 0.2) is 0 Å². The summed E-state index contributed by atoms with van der Waals surface area (Å²) in [5, 5.41) is 31.5. The van der Waals surface area contributed by atoms with E-state index >= 15 is 0 Å².